The zero-order valence-electron chi connectivity index (χ0n) is 10.4. The molecule has 0 aromatic heterocycles. The van der Waals surface area contributed by atoms with Crippen LogP contribution in [0.15, 0.2) is 0 Å². The molecule has 5 nitrogen and oxygen atoms in total. The van der Waals surface area contributed by atoms with Crippen molar-refractivity contribution in [1.82, 2.24) is 10.2 Å². The number of carbonyl (C=O) groups is 1. The first-order valence-corrected chi connectivity index (χ1v) is 5.82. The van der Waals surface area contributed by atoms with Gasteiger partial charge in [-0.3, -0.25) is 4.90 Å². The molecular formula is C11H22N2O3. The molecule has 5 heteroatoms. The molecule has 94 valence electrons. The van der Waals surface area contributed by atoms with Crippen LogP contribution in [0.25, 0.3) is 0 Å². The van der Waals surface area contributed by atoms with Crippen molar-refractivity contribution in [2.45, 2.75) is 32.8 Å². The molecule has 1 rings (SSSR count). The lowest BCUT2D eigenvalue weighted by molar-refractivity contribution is -0.0399. The third kappa shape index (κ3) is 4.81. The van der Waals surface area contributed by atoms with Crippen LogP contribution in [0, 0.1) is 0 Å². The smallest absolute Gasteiger partial charge is 0.428 e. The highest BCUT2D eigenvalue weighted by Gasteiger charge is 2.22. The summed E-state index contributed by atoms with van der Waals surface area (Å²) in [5, 5.41) is 3.24. The lowest BCUT2D eigenvalue weighted by atomic mass is 10.1. The number of carbonyl (C=O) groups excluding carboxylic acids is 1. The van der Waals surface area contributed by atoms with Crippen molar-refractivity contribution in [1.29, 1.82) is 0 Å². The Labute approximate surface area is 97.1 Å². The number of hydrogen-bond donors (Lipinski definition) is 1. The molecule has 1 heterocycles. The molecule has 0 saturated carbocycles. The molecule has 0 aromatic carbocycles. The van der Waals surface area contributed by atoms with Crippen LogP contribution in [-0.2, 0) is 9.47 Å². The monoisotopic (exact) mass is 230 g/mol. The maximum Gasteiger partial charge on any atom is 0.510 e. The van der Waals surface area contributed by atoms with Crippen LogP contribution in [0.1, 0.15) is 27.2 Å². The number of rotatable bonds is 4. The van der Waals surface area contributed by atoms with Crippen LogP contribution in [0.2, 0.25) is 0 Å². The fraction of sp³-hybridized carbons (Fsp3) is 0.909. The van der Waals surface area contributed by atoms with E-state index in [9.17, 15) is 4.79 Å². The van der Waals surface area contributed by atoms with Crippen molar-refractivity contribution in [3.63, 3.8) is 0 Å². The van der Waals surface area contributed by atoms with Gasteiger partial charge in [-0.05, 0) is 20.3 Å². The lowest BCUT2D eigenvalue weighted by Crippen LogP contribution is -2.44. The molecule has 1 saturated heterocycles. The standard InChI is InChI=1S/C11H22N2O3/c1-4-11(2,3)16-10(14)15-9-13-7-5-12-6-8-13/h12H,4-9H2,1-3H3. The third-order valence-electron chi connectivity index (χ3n) is 2.79. The molecule has 1 aliphatic heterocycles. The number of nitrogens with one attached hydrogen (secondary N) is 1. The van der Waals surface area contributed by atoms with Gasteiger partial charge in [-0.25, -0.2) is 4.79 Å². The number of piperazine rings is 1. The highest BCUT2D eigenvalue weighted by Crippen LogP contribution is 2.14. The van der Waals surface area contributed by atoms with E-state index in [4.69, 9.17) is 9.47 Å². The Morgan fingerprint density at radius 3 is 2.56 bits per heavy atom. The summed E-state index contributed by atoms with van der Waals surface area (Å²) in [5.74, 6) is 0. The Hall–Kier alpha value is -0.810. The molecule has 0 amide bonds. The van der Waals surface area contributed by atoms with Crippen LogP contribution in [0.4, 0.5) is 4.79 Å². The summed E-state index contributed by atoms with van der Waals surface area (Å²) in [6, 6.07) is 0. The minimum Gasteiger partial charge on any atom is -0.428 e. The lowest BCUT2D eigenvalue weighted by Gasteiger charge is -2.27. The highest BCUT2D eigenvalue weighted by molar-refractivity contribution is 5.60. The summed E-state index contributed by atoms with van der Waals surface area (Å²) in [6.45, 7) is 9.74. The van der Waals surface area contributed by atoms with Crippen molar-refractivity contribution in [3.05, 3.63) is 0 Å². The first-order valence-electron chi connectivity index (χ1n) is 5.82. The van der Waals surface area contributed by atoms with E-state index >= 15 is 0 Å². The first-order chi connectivity index (χ1) is 7.53. The molecule has 0 spiro atoms. The van der Waals surface area contributed by atoms with E-state index in [0.717, 1.165) is 32.6 Å². The van der Waals surface area contributed by atoms with E-state index < -0.39 is 11.8 Å². The quantitative estimate of drug-likeness (QED) is 0.735. The second kappa shape index (κ2) is 6.06. The molecule has 16 heavy (non-hydrogen) atoms. The van der Waals surface area contributed by atoms with Gasteiger partial charge < -0.3 is 14.8 Å². The van der Waals surface area contributed by atoms with Crippen LogP contribution >= 0.6 is 0 Å². The zero-order valence-corrected chi connectivity index (χ0v) is 10.4. The molecule has 0 radical (unpaired) electrons. The minimum absolute atomic E-state index is 0.320. The predicted molar refractivity (Wildman–Crippen MR) is 61.2 cm³/mol. The van der Waals surface area contributed by atoms with E-state index in [1.807, 2.05) is 20.8 Å². The van der Waals surface area contributed by atoms with Gasteiger partial charge in [0.15, 0.2) is 0 Å². The Kier molecular flexibility index (Phi) is 5.02. The molecule has 1 N–H and O–H groups in total. The van der Waals surface area contributed by atoms with Gasteiger partial charge in [0.1, 0.15) is 12.3 Å². The van der Waals surface area contributed by atoms with E-state index in [1.54, 1.807) is 0 Å². The van der Waals surface area contributed by atoms with Crippen molar-refractivity contribution < 1.29 is 14.3 Å². The SMILES string of the molecule is CCC(C)(C)OC(=O)OCN1CCNCC1. The van der Waals surface area contributed by atoms with Gasteiger partial charge in [-0.15, -0.1) is 0 Å². The molecule has 0 bridgehead atoms. The first kappa shape index (κ1) is 13.3. The molecule has 0 aromatic rings. The van der Waals surface area contributed by atoms with Crippen molar-refractivity contribution in [2.75, 3.05) is 32.9 Å². The minimum atomic E-state index is -0.578. The average molecular weight is 230 g/mol. The van der Waals surface area contributed by atoms with Gasteiger partial charge >= 0.3 is 6.16 Å². The van der Waals surface area contributed by atoms with Gasteiger partial charge in [0.25, 0.3) is 0 Å². The molecule has 1 aliphatic rings. The van der Waals surface area contributed by atoms with Crippen molar-refractivity contribution in [2.24, 2.45) is 0 Å². The highest BCUT2D eigenvalue weighted by atomic mass is 16.7. The summed E-state index contributed by atoms with van der Waals surface area (Å²) in [7, 11) is 0. The predicted octanol–water partition coefficient (Wildman–Crippen LogP) is 1.19. The average Bonchev–Trinajstić information content (AvgIpc) is 2.27. The molecule has 1 fully saturated rings. The fourth-order valence-electron chi connectivity index (χ4n) is 1.31. The Morgan fingerprint density at radius 1 is 1.38 bits per heavy atom. The second-order valence-corrected chi connectivity index (χ2v) is 4.61. The second-order valence-electron chi connectivity index (χ2n) is 4.61. The summed E-state index contributed by atoms with van der Waals surface area (Å²) in [5.41, 5.74) is -0.444. The van der Waals surface area contributed by atoms with E-state index in [-0.39, 0.29) is 0 Å². The largest absolute Gasteiger partial charge is 0.510 e. The van der Waals surface area contributed by atoms with Crippen LogP contribution in [-0.4, -0.2) is 49.6 Å². The fourth-order valence-corrected chi connectivity index (χ4v) is 1.31. The van der Waals surface area contributed by atoms with Gasteiger partial charge in [-0.2, -0.15) is 0 Å². The van der Waals surface area contributed by atoms with Crippen molar-refractivity contribution >= 4 is 6.16 Å². The maximum atomic E-state index is 11.4. The normalized spacial score (nSPS) is 18.2. The zero-order chi connectivity index (χ0) is 12.0. The molecule has 0 aliphatic carbocycles. The van der Waals surface area contributed by atoms with Gasteiger partial charge in [-0.1, -0.05) is 6.92 Å². The topological polar surface area (TPSA) is 50.8 Å². The summed E-state index contributed by atoms with van der Waals surface area (Å²) in [4.78, 5) is 13.5. The summed E-state index contributed by atoms with van der Waals surface area (Å²) < 4.78 is 10.2. The third-order valence-corrected chi connectivity index (χ3v) is 2.79. The number of nitrogens with zero attached hydrogens (tertiary/aromatic N) is 1. The van der Waals surface area contributed by atoms with E-state index in [0.29, 0.717) is 6.73 Å². The summed E-state index contributed by atoms with van der Waals surface area (Å²) >= 11 is 0. The Morgan fingerprint density at radius 2 is 2.00 bits per heavy atom. The van der Waals surface area contributed by atoms with Crippen LogP contribution < -0.4 is 5.32 Å². The molecular weight excluding hydrogens is 208 g/mol. The Bertz CT molecular complexity index is 225. The molecule has 0 unspecified atom stereocenters. The Balaban J connectivity index is 2.19. The summed E-state index contributed by atoms with van der Waals surface area (Å²) in [6.07, 6.45) is 0.195. The van der Waals surface area contributed by atoms with E-state index in [2.05, 4.69) is 10.2 Å². The molecule has 0 atom stereocenters. The van der Waals surface area contributed by atoms with E-state index in [1.165, 1.54) is 0 Å². The van der Waals surface area contributed by atoms with Gasteiger partial charge in [0.05, 0.1) is 0 Å². The van der Waals surface area contributed by atoms with Gasteiger partial charge in [0, 0.05) is 26.2 Å². The number of hydrogen-bond acceptors (Lipinski definition) is 5. The van der Waals surface area contributed by atoms with Crippen LogP contribution in [0.5, 0.6) is 0 Å². The van der Waals surface area contributed by atoms with Crippen LogP contribution in [0.3, 0.4) is 0 Å². The maximum absolute atomic E-state index is 11.4. The van der Waals surface area contributed by atoms with Crippen molar-refractivity contribution in [3.8, 4) is 0 Å². The van der Waals surface area contributed by atoms with Gasteiger partial charge in [0.2, 0.25) is 0 Å². The number of ether oxygens (including phenoxy) is 2.